The lowest BCUT2D eigenvalue weighted by molar-refractivity contribution is 0.0978. The molecular weight excluding hydrogens is 354 g/mol. The largest absolute Gasteiger partial charge is 0.382 e. The highest BCUT2D eigenvalue weighted by atomic mass is 35.5. The molecule has 0 aliphatic heterocycles. The van der Waals surface area contributed by atoms with Crippen molar-refractivity contribution in [1.29, 1.82) is 0 Å². The maximum Gasteiger partial charge on any atom is 0.214 e. The molecule has 0 saturated carbocycles. The number of nitrogens with two attached hydrogens (primary N) is 1. The smallest absolute Gasteiger partial charge is 0.214 e. The molecule has 0 spiro atoms. The van der Waals surface area contributed by atoms with E-state index >= 15 is 0 Å². The molecule has 10 heteroatoms. The van der Waals surface area contributed by atoms with Crippen LogP contribution in [0.5, 0.6) is 0 Å². The number of aromatic nitrogens is 5. The molecule has 0 aliphatic carbocycles. The van der Waals surface area contributed by atoms with Gasteiger partial charge in [0.15, 0.2) is 16.8 Å². The second kappa shape index (κ2) is 6.89. The van der Waals surface area contributed by atoms with E-state index in [1.807, 2.05) is 0 Å². The van der Waals surface area contributed by atoms with Crippen LogP contribution in [0, 0.1) is 11.6 Å². The minimum absolute atomic E-state index is 0.0702. The Morgan fingerprint density at radius 3 is 2.44 bits per heavy atom. The van der Waals surface area contributed by atoms with E-state index in [2.05, 4.69) is 20.2 Å². The molecule has 0 bridgehead atoms. The lowest BCUT2D eigenvalue weighted by Gasteiger charge is -2.08. The predicted octanol–water partition coefficient (Wildman–Crippen LogP) is 2.39. The Kier molecular flexibility index (Phi) is 4.66. The summed E-state index contributed by atoms with van der Waals surface area (Å²) in [6.45, 7) is 0. The third-order valence-electron chi connectivity index (χ3n) is 3.40. The Morgan fingerprint density at radius 2 is 1.80 bits per heavy atom. The lowest BCUT2D eigenvalue weighted by Crippen LogP contribution is -2.14. The molecule has 7 nitrogen and oxygen atoms in total. The number of carbonyl (C=O) groups excluding carboxylic acids is 1. The molecule has 0 aliphatic rings. The number of carbonyl (C=O) groups is 1. The van der Waals surface area contributed by atoms with Gasteiger partial charge in [-0.05, 0) is 18.6 Å². The van der Waals surface area contributed by atoms with Gasteiger partial charge in [-0.3, -0.25) is 4.79 Å². The standard InChI is InChI=1S/C15H11ClF2N6O/c16-13-15(24-20-6-7-21-24)23-14(19)12(22-13)11(25)5-4-8-9(17)2-1-3-10(8)18/h1-3,6-7H,4-5H2,(H2,19,23). The van der Waals surface area contributed by atoms with Crippen molar-refractivity contribution in [3.05, 3.63) is 58.6 Å². The topological polar surface area (TPSA) is 99.6 Å². The Morgan fingerprint density at radius 1 is 1.16 bits per heavy atom. The third-order valence-corrected chi connectivity index (χ3v) is 3.65. The van der Waals surface area contributed by atoms with Crippen LogP contribution >= 0.6 is 11.6 Å². The molecule has 1 aromatic carbocycles. The first kappa shape index (κ1) is 16.9. The van der Waals surface area contributed by atoms with E-state index in [1.165, 1.54) is 18.5 Å². The Balaban J connectivity index is 1.82. The molecule has 2 N–H and O–H groups in total. The van der Waals surface area contributed by atoms with Crippen molar-refractivity contribution in [2.45, 2.75) is 12.8 Å². The van der Waals surface area contributed by atoms with Crippen LogP contribution in [0.2, 0.25) is 5.15 Å². The van der Waals surface area contributed by atoms with Gasteiger partial charge in [0.2, 0.25) is 5.82 Å². The minimum Gasteiger partial charge on any atom is -0.382 e. The van der Waals surface area contributed by atoms with Crippen molar-refractivity contribution in [2.24, 2.45) is 0 Å². The van der Waals surface area contributed by atoms with Gasteiger partial charge in [-0.1, -0.05) is 17.7 Å². The molecule has 3 aromatic rings. The van der Waals surface area contributed by atoms with Crippen LogP contribution in [0.3, 0.4) is 0 Å². The summed E-state index contributed by atoms with van der Waals surface area (Å²) in [4.78, 5) is 21.3. The van der Waals surface area contributed by atoms with Crippen LogP contribution in [0.1, 0.15) is 22.5 Å². The molecule has 128 valence electrons. The Hall–Kier alpha value is -2.94. The summed E-state index contributed by atoms with van der Waals surface area (Å²) in [5.74, 6) is -2.07. The van der Waals surface area contributed by atoms with Gasteiger partial charge in [-0.15, -0.1) is 4.80 Å². The number of benzene rings is 1. The van der Waals surface area contributed by atoms with Gasteiger partial charge in [0.05, 0.1) is 12.4 Å². The van der Waals surface area contributed by atoms with E-state index in [0.29, 0.717) is 0 Å². The summed E-state index contributed by atoms with van der Waals surface area (Å²) >= 11 is 6.00. The molecular formula is C15H11ClF2N6O. The van der Waals surface area contributed by atoms with Crippen LogP contribution in [0.4, 0.5) is 14.6 Å². The number of nitrogen functional groups attached to an aromatic ring is 1. The molecule has 0 radical (unpaired) electrons. The molecule has 3 rings (SSSR count). The number of nitrogens with zero attached hydrogens (tertiary/aromatic N) is 5. The first-order valence-electron chi connectivity index (χ1n) is 7.13. The van der Waals surface area contributed by atoms with Crippen LogP contribution in [0.15, 0.2) is 30.6 Å². The zero-order chi connectivity index (χ0) is 18.0. The number of hydrogen-bond acceptors (Lipinski definition) is 6. The maximum absolute atomic E-state index is 13.6. The van der Waals surface area contributed by atoms with Crippen LogP contribution in [0.25, 0.3) is 5.82 Å². The van der Waals surface area contributed by atoms with Crippen molar-refractivity contribution >= 4 is 23.2 Å². The van der Waals surface area contributed by atoms with Crippen molar-refractivity contribution in [3.8, 4) is 5.82 Å². The summed E-state index contributed by atoms with van der Waals surface area (Å²) < 4.78 is 27.2. The normalized spacial score (nSPS) is 10.8. The molecule has 2 heterocycles. The quantitative estimate of drug-likeness (QED) is 0.698. The lowest BCUT2D eigenvalue weighted by atomic mass is 10.0. The number of ketones is 1. The molecule has 2 aromatic heterocycles. The monoisotopic (exact) mass is 364 g/mol. The van der Waals surface area contributed by atoms with E-state index in [1.54, 1.807) is 0 Å². The number of rotatable bonds is 5. The fourth-order valence-corrected chi connectivity index (χ4v) is 2.41. The van der Waals surface area contributed by atoms with E-state index < -0.39 is 17.4 Å². The number of halogens is 3. The SMILES string of the molecule is Nc1nc(-n2nccn2)c(Cl)nc1C(=O)CCc1c(F)cccc1F. The van der Waals surface area contributed by atoms with Crippen molar-refractivity contribution in [1.82, 2.24) is 25.0 Å². The molecule has 0 unspecified atom stereocenters. The van der Waals surface area contributed by atoms with E-state index in [4.69, 9.17) is 17.3 Å². The minimum atomic E-state index is -0.718. The van der Waals surface area contributed by atoms with Crippen LogP contribution in [-0.2, 0) is 6.42 Å². The molecule has 25 heavy (non-hydrogen) atoms. The van der Waals surface area contributed by atoms with Gasteiger partial charge in [-0.25, -0.2) is 18.7 Å². The highest BCUT2D eigenvalue weighted by Gasteiger charge is 2.19. The number of Topliss-reactive ketones (excluding diaryl/α,β-unsaturated/α-hetero) is 1. The Labute approximate surface area is 145 Å². The number of hydrogen-bond donors (Lipinski definition) is 1. The summed E-state index contributed by atoms with van der Waals surface area (Å²) in [7, 11) is 0. The van der Waals surface area contributed by atoms with Crippen molar-refractivity contribution < 1.29 is 13.6 Å². The van der Waals surface area contributed by atoms with Crippen molar-refractivity contribution in [2.75, 3.05) is 5.73 Å². The van der Waals surface area contributed by atoms with Gasteiger partial charge < -0.3 is 5.73 Å². The average Bonchev–Trinajstić information content (AvgIpc) is 3.10. The molecule has 0 amide bonds. The summed E-state index contributed by atoms with van der Waals surface area (Å²) in [5.41, 5.74) is 5.41. The fraction of sp³-hybridized carbons (Fsp3) is 0.133. The highest BCUT2D eigenvalue weighted by Crippen LogP contribution is 2.21. The van der Waals surface area contributed by atoms with E-state index in [0.717, 1.165) is 16.9 Å². The summed E-state index contributed by atoms with van der Waals surface area (Å²) in [6, 6.07) is 3.50. The zero-order valence-electron chi connectivity index (χ0n) is 12.7. The van der Waals surface area contributed by atoms with Gasteiger partial charge in [0, 0.05) is 12.0 Å². The van der Waals surface area contributed by atoms with Gasteiger partial charge >= 0.3 is 0 Å². The van der Waals surface area contributed by atoms with E-state index in [9.17, 15) is 13.6 Å². The maximum atomic E-state index is 13.6. The Bertz CT molecular complexity index is 912. The molecule has 0 saturated heterocycles. The first-order chi connectivity index (χ1) is 12.0. The highest BCUT2D eigenvalue weighted by molar-refractivity contribution is 6.31. The third kappa shape index (κ3) is 3.45. The second-order valence-electron chi connectivity index (χ2n) is 5.01. The zero-order valence-corrected chi connectivity index (χ0v) is 13.4. The first-order valence-corrected chi connectivity index (χ1v) is 7.51. The summed E-state index contributed by atoms with van der Waals surface area (Å²) in [6.07, 6.45) is 2.48. The predicted molar refractivity (Wildman–Crippen MR) is 85.4 cm³/mol. The second-order valence-corrected chi connectivity index (χ2v) is 5.37. The van der Waals surface area contributed by atoms with Gasteiger partial charge in [0.1, 0.15) is 17.3 Å². The number of anilines is 1. The average molecular weight is 365 g/mol. The van der Waals surface area contributed by atoms with Gasteiger partial charge in [0.25, 0.3) is 0 Å². The van der Waals surface area contributed by atoms with Crippen LogP contribution in [-0.4, -0.2) is 30.7 Å². The molecule has 0 fully saturated rings. The molecule has 0 atom stereocenters. The van der Waals surface area contributed by atoms with E-state index in [-0.39, 0.29) is 40.9 Å². The van der Waals surface area contributed by atoms with Crippen molar-refractivity contribution in [3.63, 3.8) is 0 Å². The summed E-state index contributed by atoms with van der Waals surface area (Å²) in [5, 5.41) is 7.59. The van der Waals surface area contributed by atoms with Crippen LogP contribution < -0.4 is 5.73 Å². The van der Waals surface area contributed by atoms with Gasteiger partial charge in [-0.2, -0.15) is 10.2 Å². The fourth-order valence-electron chi connectivity index (χ4n) is 2.20.